The number of rotatable bonds is 1. The number of aliphatic imine (C=N–C) groups is 1. The molecule has 26 heavy (non-hydrogen) atoms. The standard InChI is InChI=1S/C19H20N4O2S/c20-18-23-19(9-26-18)14-3-2-13(24)6-17(14)25-16-4-1-11(5-15(16)19)12-7-21-10-22-8-12/h1,4-5,7-8,10,13-14,17,24H,2-3,6,9H2,(H2,20,23)/t13-,14?,17+,19-/m0/s1. The van der Waals surface area contributed by atoms with E-state index in [9.17, 15) is 5.11 Å². The minimum absolute atomic E-state index is 0.0209. The molecule has 1 fully saturated rings. The van der Waals surface area contributed by atoms with Crippen LogP contribution in [-0.2, 0) is 5.54 Å². The molecule has 1 spiro atoms. The van der Waals surface area contributed by atoms with Gasteiger partial charge in [0, 0.05) is 41.6 Å². The van der Waals surface area contributed by atoms with E-state index in [0.29, 0.717) is 11.6 Å². The maximum absolute atomic E-state index is 10.1. The molecule has 0 amide bonds. The van der Waals surface area contributed by atoms with Gasteiger partial charge >= 0.3 is 0 Å². The molecule has 1 saturated carbocycles. The quantitative estimate of drug-likeness (QED) is 0.802. The van der Waals surface area contributed by atoms with E-state index in [1.807, 2.05) is 24.5 Å². The summed E-state index contributed by atoms with van der Waals surface area (Å²) in [5.41, 5.74) is 8.83. The Kier molecular flexibility index (Phi) is 3.68. The molecule has 4 atom stereocenters. The number of aromatic nitrogens is 2. The van der Waals surface area contributed by atoms with Crippen molar-refractivity contribution in [2.75, 3.05) is 5.75 Å². The van der Waals surface area contributed by atoms with E-state index in [1.54, 1.807) is 11.8 Å². The summed E-state index contributed by atoms with van der Waals surface area (Å²) in [6, 6.07) is 6.18. The van der Waals surface area contributed by atoms with Gasteiger partial charge in [0.05, 0.1) is 6.10 Å². The Balaban J connectivity index is 1.66. The molecule has 5 rings (SSSR count). The van der Waals surface area contributed by atoms with E-state index in [-0.39, 0.29) is 23.7 Å². The third kappa shape index (κ3) is 2.41. The van der Waals surface area contributed by atoms with E-state index in [2.05, 4.69) is 16.0 Å². The maximum Gasteiger partial charge on any atom is 0.154 e. The summed E-state index contributed by atoms with van der Waals surface area (Å²) in [7, 11) is 0. The first-order valence-electron chi connectivity index (χ1n) is 8.88. The zero-order chi connectivity index (χ0) is 17.7. The number of nitrogens with two attached hydrogens (primary N) is 1. The van der Waals surface area contributed by atoms with Gasteiger partial charge in [-0.15, -0.1) is 0 Å². The topological polar surface area (TPSA) is 93.6 Å². The van der Waals surface area contributed by atoms with E-state index in [1.165, 1.54) is 6.33 Å². The van der Waals surface area contributed by atoms with Crippen LogP contribution in [0.3, 0.4) is 0 Å². The molecule has 1 aliphatic carbocycles. The Labute approximate surface area is 155 Å². The van der Waals surface area contributed by atoms with Gasteiger partial charge in [-0.3, -0.25) is 0 Å². The summed E-state index contributed by atoms with van der Waals surface area (Å²) in [5, 5.41) is 10.7. The first kappa shape index (κ1) is 16.1. The molecular formula is C19H20N4O2S. The zero-order valence-corrected chi connectivity index (χ0v) is 15.0. The van der Waals surface area contributed by atoms with Crippen LogP contribution >= 0.6 is 11.8 Å². The monoisotopic (exact) mass is 368 g/mol. The fraction of sp³-hybridized carbons (Fsp3) is 0.421. The second kappa shape index (κ2) is 5.96. The second-order valence-corrected chi connectivity index (χ2v) is 8.23. The molecule has 3 aliphatic rings. The number of fused-ring (bicyclic) bond motifs is 4. The molecule has 0 saturated heterocycles. The lowest BCUT2D eigenvalue weighted by Crippen LogP contribution is -2.51. The summed E-state index contributed by atoms with van der Waals surface area (Å²) >= 11 is 1.61. The van der Waals surface area contributed by atoms with Crippen LogP contribution in [0.1, 0.15) is 24.8 Å². The van der Waals surface area contributed by atoms with Gasteiger partial charge in [0.2, 0.25) is 0 Å². The van der Waals surface area contributed by atoms with Crippen molar-refractivity contribution in [3.8, 4) is 16.9 Å². The first-order valence-corrected chi connectivity index (χ1v) is 9.87. The van der Waals surface area contributed by atoms with Crippen molar-refractivity contribution in [1.82, 2.24) is 9.97 Å². The van der Waals surface area contributed by atoms with Gasteiger partial charge in [-0.1, -0.05) is 17.8 Å². The van der Waals surface area contributed by atoms with Gasteiger partial charge < -0.3 is 15.6 Å². The van der Waals surface area contributed by atoms with Gasteiger partial charge in [-0.2, -0.15) is 0 Å². The minimum Gasteiger partial charge on any atom is -0.490 e. The van der Waals surface area contributed by atoms with E-state index >= 15 is 0 Å². The Bertz CT molecular complexity index is 875. The molecule has 7 heteroatoms. The Morgan fingerprint density at radius 3 is 2.81 bits per heavy atom. The molecule has 3 heterocycles. The molecule has 1 aromatic heterocycles. The molecular weight excluding hydrogens is 348 g/mol. The molecule has 1 unspecified atom stereocenters. The molecule has 0 bridgehead atoms. The number of amidine groups is 1. The maximum atomic E-state index is 10.1. The highest BCUT2D eigenvalue weighted by Crippen LogP contribution is 2.54. The number of thioether (sulfide) groups is 1. The van der Waals surface area contributed by atoms with E-state index in [0.717, 1.165) is 41.0 Å². The van der Waals surface area contributed by atoms with Gasteiger partial charge in [0.25, 0.3) is 0 Å². The van der Waals surface area contributed by atoms with Crippen LogP contribution in [0.4, 0.5) is 0 Å². The van der Waals surface area contributed by atoms with E-state index in [4.69, 9.17) is 15.5 Å². The average Bonchev–Trinajstić information content (AvgIpc) is 3.04. The highest BCUT2D eigenvalue weighted by molar-refractivity contribution is 8.14. The summed E-state index contributed by atoms with van der Waals surface area (Å²) in [5.74, 6) is 1.90. The minimum atomic E-state index is -0.376. The highest BCUT2D eigenvalue weighted by atomic mass is 32.2. The summed E-state index contributed by atoms with van der Waals surface area (Å²) in [6.07, 6.45) is 7.16. The number of hydrogen-bond donors (Lipinski definition) is 2. The molecule has 3 N–H and O–H groups in total. The number of benzene rings is 1. The zero-order valence-electron chi connectivity index (χ0n) is 14.2. The lowest BCUT2D eigenvalue weighted by molar-refractivity contribution is -0.0246. The van der Waals surface area contributed by atoms with Crippen molar-refractivity contribution in [3.63, 3.8) is 0 Å². The predicted molar refractivity (Wildman–Crippen MR) is 101 cm³/mol. The van der Waals surface area contributed by atoms with Gasteiger partial charge in [-0.05, 0) is 30.5 Å². The molecule has 134 valence electrons. The van der Waals surface area contributed by atoms with Crippen LogP contribution in [-0.4, -0.2) is 38.2 Å². The Hall–Kier alpha value is -2.12. The largest absolute Gasteiger partial charge is 0.490 e. The smallest absolute Gasteiger partial charge is 0.154 e. The van der Waals surface area contributed by atoms with Crippen molar-refractivity contribution in [3.05, 3.63) is 42.5 Å². The van der Waals surface area contributed by atoms with Crippen molar-refractivity contribution in [1.29, 1.82) is 0 Å². The lowest BCUT2D eigenvalue weighted by Gasteiger charge is -2.48. The normalized spacial score (nSPS) is 32.5. The Morgan fingerprint density at radius 1 is 1.19 bits per heavy atom. The first-order chi connectivity index (χ1) is 12.7. The average molecular weight is 368 g/mol. The fourth-order valence-electron chi connectivity index (χ4n) is 4.52. The summed E-state index contributed by atoms with van der Waals surface area (Å²) < 4.78 is 6.31. The molecule has 0 radical (unpaired) electrons. The van der Waals surface area contributed by atoms with Crippen molar-refractivity contribution < 1.29 is 9.84 Å². The van der Waals surface area contributed by atoms with E-state index < -0.39 is 0 Å². The van der Waals surface area contributed by atoms with Gasteiger partial charge in [0.15, 0.2) is 5.17 Å². The van der Waals surface area contributed by atoms with Crippen LogP contribution in [0.2, 0.25) is 0 Å². The third-order valence-corrected chi connectivity index (χ3v) is 6.72. The highest BCUT2D eigenvalue weighted by Gasteiger charge is 2.54. The van der Waals surface area contributed by atoms with Crippen LogP contribution in [0.25, 0.3) is 11.1 Å². The number of aliphatic hydroxyl groups is 1. The van der Waals surface area contributed by atoms with Crippen molar-refractivity contribution in [2.45, 2.75) is 37.0 Å². The molecule has 2 aliphatic heterocycles. The SMILES string of the molecule is NC1=N[C@]2(CS1)c1cc(-c3cncnc3)ccc1O[C@@H]1C[C@@H](O)CCC12. The number of aliphatic hydroxyl groups excluding tert-OH is 1. The number of nitrogens with zero attached hydrogens (tertiary/aromatic N) is 3. The third-order valence-electron chi connectivity index (χ3n) is 5.75. The van der Waals surface area contributed by atoms with Crippen LogP contribution in [0, 0.1) is 5.92 Å². The van der Waals surface area contributed by atoms with Crippen molar-refractivity contribution >= 4 is 16.9 Å². The summed E-state index contributed by atoms with van der Waals surface area (Å²) in [4.78, 5) is 13.2. The van der Waals surface area contributed by atoms with Gasteiger partial charge in [-0.25, -0.2) is 15.0 Å². The van der Waals surface area contributed by atoms with Crippen LogP contribution in [0.5, 0.6) is 5.75 Å². The molecule has 6 nitrogen and oxygen atoms in total. The van der Waals surface area contributed by atoms with Crippen molar-refractivity contribution in [2.24, 2.45) is 16.6 Å². The lowest BCUT2D eigenvalue weighted by atomic mass is 9.68. The number of hydrogen-bond acceptors (Lipinski definition) is 7. The van der Waals surface area contributed by atoms with Crippen LogP contribution < -0.4 is 10.5 Å². The summed E-state index contributed by atoms with van der Waals surface area (Å²) in [6.45, 7) is 0. The predicted octanol–water partition coefficient (Wildman–Crippen LogP) is 2.32. The molecule has 2 aromatic rings. The van der Waals surface area contributed by atoms with Crippen LogP contribution in [0.15, 0.2) is 41.9 Å². The second-order valence-electron chi connectivity index (χ2n) is 7.23. The molecule has 1 aromatic carbocycles. The Morgan fingerprint density at radius 2 is 2.04 bits per heavy atom. The van der Waals surface area contributed by atoms with Gasteiger partial charge in [0.1, 0.15) is 23.7 Å². The fourth-order valence-corrected chi connectivity index (χ4v) is 5.55. The number of ether oxygens (including phenoxy) is 1.